The monoisotopic (exact) mass is 235 g/mol. The van der Waals surface area contributed by atoms with Crippen LogP contribution in [0.25, 0.3) is 10.9 Å². The van der Waals surface area contributed by atoms with Crippen molar-refractivity contribution in [2.75, 3.05) is 6.61 Å². The molecule has 4 nitrogen and oxygen atoms in total. The maximum absolute atomic E-state index is 12.9. The van der Waals surface area contributed by atoms with Crippen LogP contribution in [-0.2, 0) is 4.74 Å². The van der Waals surface area contributed by atoms with E-state index in [-0.39, 0.29) is 17.6 Å². The number of aromatic nitrogens is 1. The highest BCUT2D eigenvalue weighted by molar-refractivity contribution is 5.93. The van der Waals surface area contributed by atoms with Crippen LogP contribution in [-0.4, -0.2) is 17.6 Å². The largest absolute Gasteiger partial charge is 0.462 e. The molecule has 2 rings (SSSR count). The first-order valence-electron chi connectivity index (χ1n) is 5.11. The molecule has 0 saturated carbocycles. The molecule has 0 amide bonds. The summed E-state index contributed by atoms with van der Waals surface area (Å²) in [5.74, 6) is -1.13. The molecule has 0 atom stereocenters. The van der Waals surface area contributed by atoms with Crippen LogP contribution in [0.3, 0.4) is 0 Å². The maximum atomic E-state index is 12.9. The van der Waals surface area contributed by atoms with Gasteiger partial charge in [-0.05, 0) is 25.1 Å². The zero-order chi connectivity index (χ0) is 12.4. The van der Waals surface area contributed by atoms with Crippen molar-refractivity contribution < 1.29 is 13.9 Å². The maximum Gasteiger partial charge on any atom is 0.343 e. The van der Waals surface area contributed by atoms with Gasteiger partial charge in [0.15, 0.2) is 0 Å². The molecule has 0 unspecified atom stereocenters. The molecule has 0 aliphatic heterocycles. The van der Waals surface area contributed by atoms with E-state index < -0.39 is 17.2 Å². The van der Waals surface area contributed by atoms with E-state index in [4.69, 9.17) is 4.74 Å². The number of nitrogens with one attached hydrogen (secondary N) is 1. The number of rotatable bonds is 2. The molecule has 0 aliphatic carbocycles. The lowest BCUT2D eigenvalue weighted by atomic mass is 10.1. The molecule has 2 aromatic rings. The molecule has 5 heteroatoms. The number of ether oxygens (including phenoxy) is 1. The van der Waals surface area contributed by atoms with Crippen LogP contribution in [0.15, 0.2) is 29.2 Å². The Morgan fingerprint density at radius 2 is 2.24 bits per heavy atom. The molecule has 17 heavy (non-hydrogen) atoms. The summed E-state index contributed by atoms with van der Waals surface area (Å²) >= 11 is 0. The molecule has 0 aliphatic rings. The lowest BCUT2D eigenvalue weighted by molar-refractivity contribution is 0.0524. The summed E-state index contributed by atoms with van der Waals surface area (Å²) in [5.41, 5.74) is -0.189. The van der Waals surface area contributed by atoms with Gasteiger partial charge in [0.1, 0.15) is 11.4 Å². The third kappa shape index (κ3) is 2.04. The molecule has 0 radical (unpaired) electrons. The Bertz CT molecular complexity index is 633. The molecule has 88 valence electrons. The van der Waals surface area contributed by atoms with Gasteiger partial charge in [0, 0.05) is 11.6 Å². The number of halogens is 1. The van der Waals surface area contributed by atoms with E-state index in [9.17, 15) is 14.0 Å². The number of pyridine rings is 1. The highest BCUT2D eigenvalue weighted by Gasteiger charge is 2.13. The minimum absolute atomic E-state index is 0.0778. The number of carbonyl (C=O) groups is 1. The van der Waals surface area contributed by atoms with Gasteiger partial charge in [0.05, 0.1) is 12.1 Å². The van der Waals surface area contributed by atoms with E-state index in [1.165, 1.54) is 24.4 Å². The van der Waals surface area contributed by atoms with Crippen molar-refractivity contribution in [3.05, 3.63) is 46.0 Å². The van der Waals surface area contributed by atoms with Crippen molar-refractivity contribution in [1.82, 2.24) is 4.98 Å². The first-order valence-corrected chi connectivity index (χ1v) is 5.11. The van der Waals surface area contributed by atoms with Crippen molar-refractivity contribution in [2.24, 2.45) is 0 Å². The zero-order valence-corrected chi connectivity index (χ0v) is 9.12. The van der Waals surface area contributed by atoms with Gasteiger partial charge in [0.2, 0.25) is 5.43 Å². The summed E-state index contributed by atoms with van der Waals surface area (Å²) in [4.78, 5) is 26.1. The predicted octanol–water partition coefficient (Wildman–Crippen LogP) is 1.84. The average Bonchev–Trinajstić information content (AvgIpc) is 2.29. The second-order valence-electron chi connectivity index (χ2n) is 3.44. The first-order chi connectivity index (χ1) is 8.13. The number of hydrogen-bond donors (Lipinski definition) is 1. The number of esters is 1. The normalized spacial score (nSPS) is 10.5. The average molecular weight is 235 g/mol. The Morgan fingerprint density at radius 3 is 2.94 bits per heavy atom. The van der Waals surface area contributed by atoms with Gasteiger partial charge >= 0.3 is 5.97 Å². The van der Waals surface area contributed by atoms with Crippen LogP contribution in [0.4, 0.5) is 4.39 Å². The fraction of sp³-hybridized carbons (Fsp3) is 0.167. The van der Waals surface area contributed by atoms with Gasteiger partial charge in [-0.15, -0.1) is 0 Å². The molecule has 1 aromatic carbocycles. The Morgan fingerprint density at radius 1 is 1.47 bits per heavy atom. The van der Waals surface area contributed by atoms with Gasteiger partial charge in [-0.25, -0.2) is 9.18 Å². The number of fused-ring (bicyclic) bond motifs is 1. The Hall–Kier alpha value is -2.17. The highest BCUT2D eigenvalue weighted by atomic mass is 19.1. The van der Waals surface area contributed by atoms with E-state index in [0.29, 0.717) is 5.52 Å². The van der Waals surface area contributed by atoms with E-state index in [0.717, 1.165) is 0 Å². The highest BCUT2D eigenvalue weighted by Crippen LogP contribution is 2.10. The van der Waals surface area contributed by atoms with Gasteiger partial charge in [-0.1, -0.05) is 0 Å². The summed E-state index contributed by atoms with van der Waals surface area (Å²) < 4.78 is 17.7. The van der Waals surface area contributed by atoms with Gasteiger partial charge < -0.3 is 9.72 Å². The summed E-state index contributed by atoms with van der Waals surface area (Å²) in [6, 6.07) is 3.71. The molecule has 0 spiro atoms. The molecule has 1 heterocycles. The number of aromatic amines is 1. The summed E-state index contributed by atoms with van der Waals surface area (Å²) in [5, 5.41) is 0.261. The summed E-state index contributed by atoms with van der Waals surface area (Å²) in [6.45, 7) is 1.85. The van der Waals surface area contributed by atoms with E-state index >= 15 is 0 Å². The number of carbonyl (C=O) groups excluding carboxylic acids is 1. The molecular formula is C12H10FNO3. The smallest absolute Gasteiger partial charge is 0.343 e. The zero-order valence-electron chi connectivity index (χ0n) is 9.12. The first kappa shape index (κ1) is 11.3. The Balaban J connectivity index is 2.62. The minimum Gasteiger partial charge on any atom is -0.462 e. The lowest BCUT2D eigenvalue weighted by Crippen LogP contribution is -2.18. The van der Waals surface area contributed by atoms with Gasteiger partial charge in [-0.3, -0.25) is 4.79 Å². The number of benzene rings is 1. The van der Waals surface area contributed by atoms with E-state index in [1.807, 2.05) is 0 Å². The molecule has 0 bridgehead atoms. The second-order valence-corrected chi connectivity index (χ2v) is 3.44. The molecular weight excluding hydrogens is 225 g/mol. The second kappa shape index (κ2) is 4.37. The summed E-state index contributed by atoms with van der Waals surface area (Å²) in [6.07, 6.45) is 1.24. The fourth-order valence-electron chi connectivity index (χ4n) is 1.55. The predicted molar refractivity (Wildman–Crippen MR) is 60.5 cm³/mol. The molecule has 0 fully saturated rings. The van der Waals surface area contributed by atoms with E-state index in [1.54, 1.807) is 6.92 Å². The summed E-state index contributed by atoms with van der Waals surface area (Å²) in [7, 11) is 0. The molecule has 1 aromatic heterocycles. The Kier molecular flexibility index (Phi) is 2.91. The van der Waals surface area contributed by atoms with Crippen LogP contribution in [0, 0.1) is 5.82 Å². The Labute approximate surface area is 96.0 Å². The van der Waals surface area contributed by atoms with Crippen LogP contribution in [0.2, 0.25) is 0 Å². The fourth-order valence-corrected chi connectivity index (χ4v) is 1.55. The van der Waals surface area contributed by atoms with Crippen molar-refractivity contribution in [1.29, 1.82) is 0 Å². The standard InChI is InChI=1S/C12H10FNO3/c1-2-17-12(16)9-6-14-10-5-7(13)3-4-8(10)11(9)15/h3-6H,2H2,1H3,(H,14,15). The van der Waals surface area contributed by atoms with Gasteiger partial charge in [-0.2, -0.15) is 0 Å². The van der Waals surface area contributed by atoms with Crippen molar-refractivity contribution in [3.63, 3.8) is 0 Å². The van der Waals surface area contributed by atoms with E-state index in [2.05, 4.69) is 4.98 Å². The van der Waals surface area contributed by atoms with Crippen LogP contribution >= 0.6 is 0 Å². The minimum atomic E-state index is -0.681. The van der Waals surface area contributed by atoms with Crippen molar-refractivity contribution >= 4 is 16.9 Å². The van der Waals surface area contributed by atoms with Crippen LogP contribution in [0.5, 0.6) is 0 Å². The number of H-pyrrole nitrogens is 1. The number of hydrogen-bond acceptors (Lipinski definition) is 3. The lowest BCUT2D eigenvalue weighted by Gasteiger charge is -2.03. The molecule has 0 saturated heterocycles. The van der Waals surface area contributed by atoms with Gasteiger partial charge in [0.25, 0.3) is 0 Å². The quantitative estimate of drug-likeness (QED) is 0.808. The van der Waals surface area contributed by atoms with Crippen molar-refractivity contribution in [2.45, 2.75) is 6.92 Å². The van der Waals surface area contributed by atoms with Crippen LogP contribution in [0.1, 0.15) is 17.3 Å². The van der Waals surface area contributed by atoms with Crippen molar-refractivity contribution in [3.8, 4) is 0 Å². The third-order valence-electron chi connectivity index (χ3n) is 2.34. The van der Waals surface area contributed by atoms with Crippen LogP contribution < -0.4 is 5.43 Å². The SMILES string of the molecule is CCOC(=O)c1c[nH]c2cc(F)ccc2c1=O. The topological polar surface area (TPSA) is 59.2 Å². The molecule has 1 N–H and O–H groups in total. The third-order valence-corrected chi connectivity index (χ3v) is 2.34.